The number of halogens is 2. The van der Waals surface area contributed by atoms with Crippen molar-refractivity contribution in [3.05, 3.63) is 64.4 Å². The Morgan fingerprint density at radius 1 is 1.14 bits per heavy atom. The first-order valence-electron chi connectivity index (χ1n) is 7.06. The van der Waals surface area contributed by atoms with Crippen molar-refractivity contribution in [1.82, 2.24) is 5.32 Å². The number of nitrogens with one attached hydrogen (secondary N) is 1. The van der Waals surface area contributed by atoms with Gasteiger partial charge in [-0.15, -0.1) is 0 Å². The van der Waals surface area contributed by atoms with Crippen molar-refractivity contribution in [3.8, 4) is 0 Å². The Kier molecular flexibility index (Phi) is 5.59. The number of anilines is 1. The zero-order chi connectivity index (χ0) is 15.2. The highest BCUT2D eigenvalue weighted by Crippen LogP contribution is 2.28. The molecule has 21 heavy (non-hydrogen) atoms. The van der Waals surface area contributed by atoms with Crippen molar-refractivity contribution in [1.29, 1.82) is 0 Å². The van der Waals surface area contributed by atoms with E-state index in [0.29, 0.717) is 18.7 Å². The lowest BCUT2D eigenvalue weighted by atomic mass is 10.1. The zero-order valence-electron chi connectivity index (χ0n) is 12.4. The molecule has 0 aromatic heterocycles. The van der Waals surface area contributed by atoms with E-state index in [0.717, 1.165) is 22.8 Å². The summed E-state index contributed by atoms with van der Waals surface area (Å²) >= 11 is 6.30. The fourth-order valence-corrected chi connectivity index (χ4v) is 2.53. The lowest BCUT2D eigenvalue weighted by molar-refractivity contribution is 0.607. The Morgan fingerprint density at radius 2 is 1.90 bits per heavy atom. The monoisotopic (exact) mass is 306 g/mol. The smallest absolute Gasteiger partial charge is 0.128 e. The van der Waals surface area contributed by atoms with E-state index in [1.54, 1.807) is 12.1 Å². The third-order valence-electron chi connectivity index (χ3n) is 3.42. The summed E-state index contributed by atoms with van der Waals surface area (Å²) in [5, 5.41) is 4.02. The summed E-state index contributed by atoms with van der Waals surface area (Å²) in [6.07, 6.45) is 0. The molecule has 1 N–H and O–H groups in total. The second-order valence-electron chi connectivity index (χ2n) is 4.97. The van der Waals surface area contributed by atoms with Crippen molar-refractivity contribution in [3.63, 3.8) is 0 Å². The topological polar surface area (TPSA) is 15.3 Å². The first-order valence-corrected chi connectivity index (χ1v) is 7.44. The third kappa shape index (κ3) is 3.96. The number of hydrogen-bond donors (Lipinski definition) is 1. The average molecular weight is 307 g/mol. The van der Waals surface area contributed by atoms with Gasteiger partial charge >= 0.3 is 0 Å². The van der Waals surface area contributed by atoms with E-state index < -0.39 is 0 Å². The van der Waals surface area contributed by atoms with Crippen LogP contribution in [-0.2, 0) is 13.1 Å². The molecule has 0 radical (unpaired) electrons. The largest absolute Gasteiger partial charge is 0.370 e. The number of rotatable bonds is 6. The molecule has 112 valence electrons. The van der Waals surface area contributed by atoms with Gasteiger partial charge < -0.3 is 10.2 Å². The van der Waals surface area contributed by atoms with Crippen LogP contribution in [0.1, 0.15) is 18.1 Å². The molecule has 2 rings (SSSR count). The molecule has 0 spiro atoms. The molecule has 0 unspecified atom stereocenters. The lowest BCUT2D eigenvalue weighted by Gasteiger charge is -2.23. The molecule has 2 aromatic carbocycles. The lowest BCUT2D eigenvalue weighted by Crippen LogP contribution is -2.21. The van der Waals surface area contributed by atoms with Crippen molar-refractivity contribution in [2.24, 2.45) is 0 Å². The maximum absolute atomic E-state index is 13.8. The van der Waals surface area contributed by atoms with E-state index in [9.17, 15) is 4.39 Å². The van der Waals surface area contributed by atoms with E-state index in [2.05, 4.69) is 12.2 Å². The van der Waals surface area contributed by atoms with Crippen LogP contribution < -0.4 is 10.2 Å². The van der Waals surface area contributed by atoms with Crippen LogP contribution in [0.25, 0.3) is 0 Å². The molecule has 0 bridgehead atoms. The molecule has 0 aliphatic carbocycles. The second kappa shape index (κ2) is 7.43. The van der Waals surface area contributed by atoms with Crippen LogP contribution in [0.4, 0.5) is 10.1 Å². The van der Waals surface area contributed by atoms with E-state index in [4.69, 9.17) is 11.6 Å². The quantitative estimate of drug-likeness (QED) is 0.859. The summed E-state index contributed by atoms with van der Waals surface area (Å²) in [6, 6.07) is 12.7. The van der Waals surface area contributed by atoms with Crippen molar-refractivity contribution >= 4 is 17.3 Å². The number of benzene rings is 2. The zero-order valence-corrected chi connectivity index (χ0v) is 13.1. The second-order valence-corrected chi connectivity index (χ2v) is 5.37. The maximum atomic E-state index is 13.8. The molecule has 2 nitrogen and oxygen atoms in total. The Labute approximate surface area is 130 Å². The van der Waals surface area contributed by atoms with Gasteiger partial charge in [-0.25, -0.2) is 4.39 Å². The van der Waals surface area contributed by atoms with Crippen molar-refractivity contribution in [2.45, 2.75) is 20.0 Å². The van der Waals surface area contributed by atoms with Gasteiger partial charge in [0, 0.05) is 42.0 Å². The van der Waals surface area contributed by atoms with Crippen LogP contribution in [0, 0.1) is 5.82 Å². The summed E-state index contributed by atoms with van der Waals surface area (Å²) < 4.78 is 13.8. The van der Waals surface area contributed by atoms with Crippen LogP contribution in [0.3, 0.4) is 0 Å². The van der Waals surface area contributed by atoms with E-state index in [1.807, 2.05) is 36.2 Å². The number of hydrogen-bond acceptors (Lipinski definition) is 2. The molecule has 0 saturated carbocycles. The van der Waals surface area contributed by atoms with Gasteiger partial charge in [-0.2, -0.15) is 0 Å². The Hall–Kier alpha value is -1.58. The van der Waals surface area contributed by atoms with E-state index in [1.165, 1.54) is 6.07 Å². The highest BCUT2D eigenvalue weighted by molar-refractivity contribution is 6.31. The minimum absolute atomic E-state index is 0.181. The van der Waals surface area contributed by atoms with E-state index in [-0.39, 0.29) is 5.82 Å². The molecule has 0 fully saturated rings. The minimum atomic E-state index is -0.181. The molecule has 0 amide bonds. The normalized spacial score (nSPS) is 10.7. The summed E-state index contributed by atoms with van der Waals surface area (Å²) in [5.41, 5.74) is 2.74. The van der Waals surface area contributed by atoms with Crippen LogP contribution in [0.5, 0.6) is 0 Å². The Balaban J connectivity index is 2.24. The molecule has 0 atom stereocenters. The van der Waals surface area contributed by atoms with Gasteiger partial charge in [-0.1, -0.05) is 42.8 Å². The Morgan fingerprint density at radius 3 is 2.62 bits per heavy atom. The van der Waals surface area contributed by atoms with Gasteiger partial charge in [0.05, 0.1) is 0 Å². The van der Waals surface area contributed by atoms with Gasteiger partial charge in [-0.05, 0) is 24.7 Å². The predicted molar refractivity (Wildman–Crippen MR) is 87.3 cm³/mol. The maximum Gasteiger partial charge on any atom is 0.128 e. The highest BCUT2D eigenvalue weighted by atomic mass is 35.5. The SMILES string of the molecule is CCNCc1c(Cl)cccc1N(C)Cc1ccccc1F. The van der Waals surface area contributed by atoms with Crippen LogP contribution in [-0.4, -0.2) is 13.6 Å². The molecule has 2 aromatic rings. The van der Waals surface area contributed by atoms with Gasteiger partial charge in [0.1, 0.15) is 5.82 Å². The first kappa shape index (κ1) is 15.8. The molecule has 0 aliphatic rings. The molecule has 0 heterocycles. The fraction of sp³-hybridized carbons (Fsp3) is 0.294. The van der Waals surface area contributed by atoms with Crippen molar-refractivity contribution < 1.29 is 4.39 Å². The molecule has 4 heteroatoms. The molecular formula is C17H20ClFN2. The fourth-order valence-electron chi connectivity index (χ4n) is 2.30. The summed E-state index contributed by atoms with van der Waals surface area (Å²) in [7, 11) is 1.95. The van der Waals surface area contributed by atoms with Crippen LogP contribution in [0.15, 0.2) is 42.5 Å². The van der Waals surface area contributed by atoms with Gasteiger partial charge in [0.15, 0.2) is 0 Å². The van der Waals surface area contributed by atoms with Gasteiger partial charge in [0.2, 0.25) is 0 Å². The molecule has 0 saturated heterocycles. The molecule has 0 aliphatic heterocycles. The Bertz CT molecular complexity index is 601. The standard InChI is InChI=1S/C17H20ClFN2/c1-3-20-11-14-15(18)8-6-10-17(14)21(2)12-13-7-4-5-9-16(13)19/h4-10,20H,3,11-12H2,1-2H3. The average Bonchev–Trinajstić information content (AvgIpc) is 2.48. The van der Waals surface area contributed by atoms with E-state index >= 15 is 0 Å². The predicted octanol–water partition coefficient (Wildman–Crippen LogP) is 4.23. The van der Waals surface area contributed by atoms with Gasteiger partial charge in [0.25, 0.3) is 0 Å². The summed E-state index contributed by atoms with van der Waals surface area (Å²) in [6.45, 7) is 4.14. The molecular weight excluding hydrogens is 287 g/mol. The highest BCUT2D eigenvalue weighted by Gasteiger charge is 2.12. The minimum Gasteiger partial charge on any atom is -0.370 e. The van der Waals surface area contributed by atoms with Crippen molar-refractivity contribution in [2.75, 3.05) is 18.5 Å². The summed E-state index contributed by atoms with van der Waals surface area (Å²) in [5.74, 6) is -0.181. The third-order valence-corrected chi connectivity index (χ3v) is 3.78. The first-order chi connectivity index (χ1) is 10.1. The van der Waals surface area contributed by atoms with Gasteiger partial charge in [-0.3, -0.25) is 0 Å². The van der Waals surface area contributed by atoms with Crippen LogP contribution >= 0.6 is 11.6 Å². The van der Waals surface area contributed by atoms with Crippen LogP contribution in [0.2, 0.25) is 5.02 Å². The number of nitrogens with zero attached hydrogens (tertiary/aromatic N) is 1. The summed E-state index contributed by atoms with van der Waals surface area (Å²) in [4.78, 5) is 2.02.